The number of amides is 1. The lowest BCUT2D eigenvalue weighted by molar-refractivity contribution is -0.143. The number of unbranched alkanes of at least 4 members (excludes halogenated alkanes) is 4. The summed E-state index contributed by atoms with van der Waals surface area (Å²) in [6, 6.07) is 6.83. The number of aliphatic hydroxyl groups excluding tert-OH is 2. The first-order valence-corrected chi connectivity index (χ1v) is 11.3. The zero-order chi connectivity index (χ0) is 23.3. The minimum Gasteiger partial charge on any atom is -0.465 e. The molecule has 0 spiro atoms. The van der Waals surface area contributed by atoms with Gasteiger partial charge in [-0.1, -0.05) is 12.8 Å². The maximum absolute atomic E-state index is 12.7. The van der Waals surface area contributed by atoms with E-state index in [9.17, 15) is 19.8 Å². The van der Waals surface area contributed by atoms with Crippen LogP contribution in [-0.4, -0.2) is 51.8 Å². The van der Waals surface area contributed by atoms with Gasteiger partial charge in [-0.3, -0.25) is 9.69 Å². The van der Waals surface area contributed by atoms with Crippen molar-refractivity contribution in [2.45, 2.75) is 70.7 Å². The number of Topliss-reactive ketones (excluding diaryl/α,β-unsaturated/α-hetero) is 1. The van der Waals surface area contributed by atoms with Crippen LogP contribution in [0.15, 0.2) is 45.6 Å². The van der Waals surface area contributed by atoms with E-state index in [1.807, 2.05) is 11.9 Å². The van der Waals surface area contributed by atoms with Gasteiger partial charge in [0.15, 0.2) is 18.2 Å². The van der Waals surface area contributed by atoms with Gasteiger partial charge in [0, 0.05) is 25.9 Å². The van der Waals surface area contributed by atoms with Gasteiger partial charge < -0.3 is 28.7 Å². The highest BCUT2D eigenvalue weighted by Crippen LogP contribution is 2.21. The Kier molecular flexibility index (Phi) is 11.2. The van der Waals surface area contributed by atoms with Crippen LogP contribution < -0.4 is 0 Å². The molecule has 0 aromatic carbocycles. The quantitative estimate of drug-likeness (QED) is 0.295. The second kappa shape index (κ2) is 13.9. The minimum atomic E-state index is -1.11. The summed E-state index contributed by atoms with van der Waals surface area (Å²) >= 11 is 0. The van der Waals surface area contributed by atoms with Crippen LogP contribution in [0.3, 0.4) is 0 Å². The molecular formula is C24H36N2O6. The predicted octanol–water partition coefficient (Wildman–Crippen LogP) is 4.02. The zero-order valence-electron chi connectivity index (χ0n) is 19.1. The van der Waals surface area contributed by atoms with Crippen molar-refractivity contribution < 1.29 is 28.6 Å². The first-order valence-electron chi connectivity index (χ1n) is 11.3. The molecule has 2 heterocycles. The summed E-state index contributed by atoms with van der Waals surface area (Å²) in [6.07, 6.45) is 6.67. The first kappa shape index (κ1) is 25.8. The van der Waals surface area contributed by atoms with E-state index in [4.69, 9.17) is 8.83 Å². The van der Waals surface area contributed by atoms with Crippen LogP contribution in [0.1, 0.15) is 82.3 Å². The van der Waals surface area contributed by atoms with Gasteiger partial charge in [0.1, 0.15) is 11.5 Å². The standard InChI is InChI=1S/C24H36N2O6/c1-19(27)11-5-6-14-22(28)26(24(30)21-13-10-18-32-21)16-8-4-3-7-15-25(2)23(29)20-12-9-17-31-20/h9-10,12-13,17-18,23-24,29-30H,3-8,11,14-16H2,1-2H3. The molecule has 2 unspecified atom stereocenters. The lowest BCUT2D eigenvalue weighted by Gasteiger charge is -2.27. The Morgan fingerprint density at radius 3 is 1.97 bits per heavy atom. The van der Waals surface area contributed by atoms with Gasteiger partial charge in [0.05, 0.1) is 12.5 Å². The molecule has 0 saturated heterocycles. The molecule has 0 bridgehead atoms. The van der Waals surface area contributed by atoms with Gasteiger partial charge in [0.2, 0.25) is 5.91 Å². The summed E-state index contributed by atoms with van der Waals surface area (Å²) in [5.74, 6) is 0.846. The smallest absolute Gasteiger partial charge is 0.224 e. The molecule has 0 aliphatic rings. The highest BCUT2D eigenvalue weighted by Gasteiger charge is 2.24. The Morgan fingerprint density at radius 2 is 1.41 bits per heavy atom. The van der Waals surface area contributed by atoms with E-state index in [0.717, 1.165) is 32.2 Å². The van der Waals surface area contributed by atoms with E-state index in [2.05, 4.69) is 0 Å². The molecule has 2 aromatic heterocycles. The Hall–Kier alpha value is -2.42. The summed E-state index contributed by atoms with van der Waals surface area (Å²) in [5.41, 5.74) is 0. The predicted molar refractivity (Wildman–Crippen MR) is 119 cm³/mol. The third kappa shape index (κ3) is 8.61. The minimum absolute atomic E-state index is 0.118. The molecule has 178 valence electrons. The van der Waals surface area contributed by atoms with Gasteiger partial charge in [-0.15, -0.1) is 0 Å². The van der Waals surface area contributed by atoms with Gasteiger partial charge in [-0.2, -0.15) is 0 Å². The molecule has 1 amide bonds. The molecule has 2 N–H and O–H groups in total. The zero-order valence-corrected chi connectivity index (χ0v) is 19.1. The van der Waals surface area contributed by atoms with Crippen LogP contribution in [-0.2, 0) is 9.59 Å². The van der Waals surface area contributed by atoms with Crippen LogP contribution in [0.5, 0.6) is 0 Å². The number of carbonyl (C=O) groups excluding carboxylic acids is 2. The Balaban J connectivity index is 1.74. The summed E-state index contributed by atoms with van der Waals surface area (Å²) in [4.78, 5) is 27.1. The molecule has 0 aliphatic heterocycles. The molecular weight excluding hydrogens is 412 g/mol. The fourth-order valence-corrected chi connectivity index (χ4v) is 3.54. The van der Waals surface area contributed by atoms with Crippen molar-refractivity contribution in [3.8, 4) is 0 Å². The Morgan fingerprint density at radius 1 is 0.844 bits per heavy atom. The summed E-state index contributed by atoms with van der Waals surface area (Å²) in [5, 5.41) is 20.8. The van der Waals surface area contributed by atoms with Gasteiger partial charge in [-0.25, -0.2) is 0 Å². The number of carbonyl (C=O) groups is 2. The van der Waals surface area contributed by atoms with Crippen molar-refractivity contribution in [3.05, 3.63) is 48.3 Å². The third-order valence-electron chi connectivity index (χ3n) is 5.46. The number of hydrogen-bond acceptors (Lipinski definition) is 7. The summed E-state index contributed by atoms with van der Waals surface area (Å²) < 4.78 is 10.5. The second-order valence-electron chi connectivity index (χ2n) is 8.17. The Bertz CT molecular complexity index is 775. The molecule has 0 aliphatic carbocycles. The normalized spacial score (nSPS) is 13.3. The van der Waals surface area contributed by atoms with E-state index in [-0.39, 0.29) is 11.7 Å². The molecule has 32 heavy (non-hydrogen) atoms. The Labute approximate surface area is 189 Å². The molecule has 0 radical (unpaired) electrons. The molecule has 0 saturated carbocycles. The first-order chi connectivity index (χ1) is 15.4. The number of aliphatic hydroxyl groups is 2. The number of hydrogen-bond donors (Lipinski definition) is 2. The highest BCUT2D eigenvalue weighted by atomic mass is 16.4. The molecule has 8 nitrogen and oxygen atoms in total. The molecule has 0 fully saturated rings. The average Bonchev–Trinajstić information content (AvgIpc) is 3.49. The number of nitrogens with zero attached hydrogens (tertiary/aromatic N) is 2. The molecule has 8 heteroatoms. The van der Waals surface area contributed by atoms with Gasteiger partial charge in [-0.05, 0) is 63.9 Å². The monoisotopic (exact) mass is 448 g/mol. The van der Waals surface area contributed by atoms with E-state index in [1.165, 1.54) is 11.2 Å². The summed E-state index contributed by atoms with van der Waals surface area (Å²) in [7, 11) is 1.85. The second-order valence-corrected chi connectivity index (χ2v) is 8.17. The number of ketones is 1. The maximum atomic E-state index is 12.7. The topological polar surface area (TPSA) is 107 Å². The fourth-order valence-electron chi connectivity index (χ4n) is 3.54. The van der Waals surface area contributed by atoms with E-state index in [1.54, 1.807) is 37.5 Å². The fraction of sp³-hybridized carbons (Fsp3) is 0.583. The van der Waals surface area contributed by atoms with Crippen molar-refractivity contribution in [3.63, 3.8) is 0 Å². The lowest BCUT2D eigenvalue weighted by atomic mass is 10.1. The third-order valence-corrected chi connectivity index (χ3v) is 5.46. The van der Waals surface area contributed by atoms with Crippen molar-refractivity contribution in [2.75, 3.05) is 20.1 Å². The van der Waals surface area contributed by atoms with Crippen LogP contribution in [0.4, 0.5) is 0 Å². The molecule has 2 rings (SSSR count). The number of rotatable bonds is 16. The van der Waals surface area contributed by atoms with Crippen LogP contribution in [0, 0.1) is 0 Å². The van der Waals surface area contributed by atoms with Crippen molar-refractivity contribution >= 4 is 11.7 Å². The van der Waals surface area contributed by atoms with E-state index < -0.39 is 12.5 Å². The number of furan rings is 2. The van der Waals surface area contributed by atoms with Crippen LogP contribution in [0.2, 0.25) is 0 Å². The van der Waals surface area contributed by atoms with E-state index in [0.29, 0.717) is 43.7 Å². The largest absolute Gasteiger partial charge is 0.465 e. The lowest BCUT2D eigenvalue weighted by Crippen LogP contribution is -2.35. The average molecular weight is 449 g/mol. The highest BCUT2D eigenvalue weighted by molar-refractivity contribution is 5.77. The SMILES string of the molecule is CC(=O)CCCCC(=O)N(CCCCCCN(C)C(O)c1ccco1)C(O)c1ccco1. The van der Waals surface area contributed by atoms with Crippen molar-refractivity contribution in [2.24, 2.45) is 0 Å². The van der Waals surface area contributed by atoms with Crippen LogP contribution in [0.25, 0.3) is 0 Å². The van der Waals surface area contributed by atoms with Crippen molar-refractivity contribution in [1.29, 1.82) is 0 Å². The van der Waals surface area contributed by atoms with Crippen molar-refractivity contribution in [1.82, 2.24) is 9.80 Å². The van der Waals surface area contributed by atoms with Gasteiger partial charge in [0.25, 0.3) is 0 Å². The van der Waals surface area contributed by atoms with Gasteiger partial charge >= 0.3 is 0 Å². The van der Waals surface area contributed by atoms with Crippen LogP contribution >= 0.6 is 0 Å². The summed E-state index contributed by atoms with van der Waals surface area (Å²) in [6.45, 7) is 2.69. The maximum Gasteiger partial charge on any atom is 0.224 e. The molecule has 2 atom stereocenters. The van der Waals surface area contributed by atoms with E-state index >= 15 is 0 Å². The molecule has 2 aromatic rings.